The number of para-hydroxylation sites is 1. The second kappa shape index (κ2) is 5.79. The van der Waals surface area contributed by atoms with Gasteiger partial charge in [-0.15, -0.1) is 0 Å². The standard InChI is InChI=1S/C17H16N2O2/c1-2-21-17(20)15-9-5-11-19(15)12-14-7-3-6-13-8-4-10-18-16(13)14/h3-11H,2,12H2,1H3. The number of benzene rings is 1. The highest BCUT2D eigenvalue weighted by Crippen LogP contribution is 2.18. The third kappa shape index (κ3) is 2.65. The maximum absolute atomic E-state index is 11.9. The SMILES string of the molecule is CCOC(=O)c1cccn1Cc1cccc2cccnc12. The lowest BCUT2D eigenvalue weighted by molar-refractivity contribution is 0.0514. The number of nitrogens with zero attached hydrogens (tertiary/aromatic N) is 2. The van der Waals surface area contributed by atoms with Gasteiger partial charge in [0, 0.05) is 24.3 Å². The Kier molecular flexibility index (Phi) is 3.69. The Morgan fingerprint density at radius 1 is 1.19 bits per heavy atom. The maximum atomic E-state index is 11.9. The molecule has 0 radical (unpaired) electrons. The molecule has 0 saturated carbocycles. The van der Waals surface area contributed by atoms with Crippen molar-refractivity contribution in [2.45, 2.75) is 13.5 Å². The highest BCUT2D eigenvalue weighted by Gasteiger charge is 2.12. The number of hydrogen-bond donors (Lipinski definition) is 0. The number of ether oxygens (including phenoxy) is 1. The molecule has 0 saturated heterocycles. The summed E-state index contributed by atoms with van der Waals surface area (Å²) in [6.45, 7) is 2.77. The molecular formula is C17H16N2O2. The van der Waals surface area contributed by atoms with Gasteiger partial charge in [-0.2, -0.15) is 0 Å². The summed E-state index contributed by atoms with van der Waals surface area (Å²) < 4.78 is 6.97. The summed E-state index contributed by atoms with van der Waals surface area (Å²) in [6.07, 6.45) is 3.67. The molecule has 0 N–H and O–H groups in total. The van der Waals surface area contributed by atoms with Crippen LogP contribution in [0.3, 0.4) is 0 Å². The van der Waals surface area contributed by atoms with Crippen LogP contribution in [0.1, 0.15) is 23.0 Å². The van der Waals surface area contributed by atoms with E-state index in [-0.39, 0.29) is 5.97 Å². The van der Waals surface area contributed by atoms with Crippen molar-refractivity contribution in [1.82, 2.24) is 9.55 Å². The predicted octanol–water partition coefficient (Wildman–Crippen LogP) is 3.26. The Morgan fingerprint density at radius 2 is 2.05 bits per heavy atom. The minimum absolute atomic E-state index is 0.296. The second-order valence-corrected chi connectivity index (χ2v) is 4.73. The van der Waals surface area contributed by atoms with Crippen LogP contribution in [0.2, 0.25) is 0 Å². The maximum Gasteiger partial charge on any atom is 0.354 e. The first-order chi connectivity index (χ1) is 10.3. The molecule has 3 aromatic rings. The number of fused-ring (bicyclic) bond motifs is 1. The number of rotatable bonds is 4. The van der Waals surface area contributed by atoms with Crippen molar-refractivity contribution in [3.8, 4) is 0 Å². The fraction of sp³-hybridized carbons (Fsp3) is 0.176. The zero-order valence-corrected chi connectivity index (χ0v) is 11.8. The fourth-order valence-electron chi connectivity index (χ4n) is 2.42. The lowest BCUT2D eigenvalue weighted by Crippen LogP contribution is -2.12. The molecular weight excluding hydrogens is 264 g/mol. The molecule has 0 fully saturated rings. The van der Waals surface area contributed by atoms with Gasteiger partial charge in [-0.05, 0) is 30.7 Å². The largest absolute Gasteiger partial charge is 0.461 e. The summed E-state index contributed by atoms with van der Waals surface area (Å²) in [7, 11) is 0. The Morgan fingerprint density at radius 3 is 2.90 bits per heavy atom. The van der Waals surface area contributed by atoms with Crippen LogP contribution in [0.15, 0.2) is 54.9 Å². The Bertz CT molecular complexity index is 772. The quantitative estimate of drug-likeness (QED) is 0.689. The van der Waals surface area contributed by atoms with Crippen LogP contribution in [0.4, 0.5) is 0 Å². The van der Waals surface area contributed by atoms with Crippen LogP contribution in [0.25, 0.3) is 10.9 Å². The van der Waals surface area contributed by atoms with E-state index < -0.39 is 0 Å². The lowest BCUT2D eigenvalue weighted by atomic mass is 10.1. The fourth-order valence-corrected chi connectivity index (χ4v) is 2.42. The monoisotopic (exact) mass is 280 g/mol. The molecule has 4 heteroatoms. The molecule has 4 nitrogen and oxygen atoms in total. The number of hydrogen-bond acceptors (Lipinski definition) is 3. The summed E-state index contributed by atoms with van der Waals surface area (Å²) >= 11 is 0. The molecule has 0 amide bonds. The van der Waals surface area contributed by atoms with Gasteiger partial charge in [0.25, 0.3) is 0 Å². The summed E-state index contributed by atoms with van der Waals surface area (Å²) in [4.78, 5) is 16.4. The number of pyridine rings is 1. The number of aromatic nitrogens is 2. The van der Waals surface area contributed by atoms with E-state index in [0.717, 1.165) is 16.5 Å². The minimum atomic E-state index is -0.296. The summed E-state index contributed by atoms with van der Waals surface area (Å²) in [5.74, 6) is -0.296. The Hall–Kier alpha value is -2.62. The molecule has 0 aliphatic rings. The molecule has 0 bridgehead atoms. The molecule has 106 valence electrons. The van der Waals surface area contributed by atoms with Crippen molar-refractivity contribution in [3.05, 3.63) is 66.1 Å². The van der Waals surface area contributed by atoms with Crippen LogP contribution in [-0.2, 0) is 11.3 Å². The minimum Gasteiger partial charge on any atom is -0.461 e. The third-order valence-electron chi connectivity index (χ3n) is 3.37. The van der Waals surface area contributed by atoms with Crippen molar-refractivity contribution < 1.29 is 9.53 Å². The van der Waals surface area contributed by atoms with Crippen LogP contribution in [0, 0.1) is 0 Å². The van der Waals surface area contributed by atoms with E-state index in [1.807, 2.05) is 47.2 Å². The van der Waals surface area contributed by atoms with Crippen molar-refractivity contribution in [3.63, 3.8) is 0 Å². The van der Waals surface area contributed by atoms with Crippen LogP contribution in [0.5, 0.6) is 0 Å². The van der Waals surface area contributed by atoms with Crippen LogP contribution in [-0.4, -0.2) is 22.1 Å². The average Bonchev–Trinajstić information content (AvgIpc) is 2.96. The van der Waals surface area contributed by atoms with Crippen molar-refractivity contribution in [2.24, 2.45) is 0 Å². The van der Waals surface area contributed by atoms with Gasteiger partial charge < -0.3 is 9.30 Å². The van der Waals surface area contributed by atoms with Gasteiger partial charge >= 0.3 is 5.97 Å². The molecule has 1 aromatic carbocycles. The first-order valence-corrected chi connectivity index (χ1v) is 6.94. The van der Waals surface area contributed by atoms with Crippen LogP contribution >= 0.6 is 0 Å². The van der Waals surface area contributed by atoms with Gasteiger partial charge in [0.2, 0.25) is 0 Å². The second-order valence-electron chi connectivity index (χ2n) is 4.73. The van der Waals surface area contributed by atoms with Gasteiger partial charge in [0.15, 0.2) is 0 Å². The predicted molar refractivity (Wildman–Crippen MR) is 81.2 cm³/mol. The van der Waals surface area contributed by atoms with Gasteiger partial charge in [-0.3, -0.25) is 4.98 Å². The molecule has 21 heavy (non-hydrogen) atoms. The number of carbonyl (C=O) groups is 1. The van der Waals surface area contributed by atoms with E-state index in [1.165, 1.54) is 0 Å². The zero-order valence-electron chi connectivity index (χ0n) is 11.8. The normalized spacial score (nSPS) is 10.7. The summed E-state index contributed by atoms with van der Waals surface area (Å²) in [5.41, 5.74) is 2.60. The molecule has 2 heterocycles. The molecule has 0 spiro atoms. The third-order valence-corrected chi connectivity index (χ3v) is 3.37. The van der Waals surface area contributed by atoms with Crippen molar-refractivity contribution in [2.75, 3.05) is 6.61 Å². The molecule has 3 rings (SSSR count). The van der Waals surface area contributed by atoms with Crippen molar-refractivity contribution >= 4 is 16.9 Å². The summed E-state index contributed by atoms with van der Waals surface area (Å²) in [6, 6.07) is 13.7. The summed E-state index contributed by atoms with van der Waals surface area (Å²) in [5, 5.41) is 1.10. The Labute approximate surface area is 123 Å². The molecule has 0 aliphatic heterocycles. The van der Waals surface area contributed by atoms with E-state index in [9.17, 15) is 4.79 Å². The van der Waals surface area contributed by atoms with E-state index in [2.05, 4.69) is 4.98 Å². The van der Waals surface area contributed by atoms with Crippen LogP contribution < -0.4 is 0 Å². The van der Waals surface area contributed by atoms with Gasteiger partial charge in [-0.25, -0.2) is 4.79 Å². The first kappa shape index (κ1) is 13.4. The first-order valence-electron chi connectivity index (χ1n) is 6.94. The smallest absolute Gasteiger partial charge is 0.354 e. The van der Waals surface area contributed by atoms with Gasteiger partial charge in [-0.1, -0.05) is 24.3 Å². The molecule has 0 unspecified atom stereocenters. The van der Waals surface area contributed by atoms with Crippen molar-refractivity contribution in [1.29, 1.82) is 0 Å². The zero-order chi connectivity index (χ0) is 14.7. The highest BCUT2D eigenvalue weighted by atomic mass is 16.5. The number of esters is 1. The van der Waals surface area contributed by atoms with E-state index in [0.29, 0.717) is 18.8 Å². The number of carbonyl (C=O) groups excluding carboxylic acids is 1. The molecule has 0 aliphatic carbocycles. The molecule has 0 atom stereocenters. The lowest BCUT2D eigenvalue weighted by Gasteiger charge is -2.10. The topological polar surface area (TPSA) is 44.1 Å². The highest BCUT2D eigenvalue weighted by molar-refractivity contribution is 5.88. The Balaban J connectivity index is 1.96. The van der Waals surface area contributed by atoms with E-state index in [4.69, 9.17) is 4.74 Å². The molecule has 2 aromatic heterocycles. The van der Waals surface area contributed by atoms with Gasteiger partial charge in [0.05, 0.1) is 12.1 Å². The van der Waals surface area contributed by atoms with E-state index in [1.54, 1.807) is 19.2 Å². The average molecular weight is 280 g/mol. The van der Waals surface area contributed by atoms with E-state index >= 15 is 0 Å². The van der Waals surface area contributed by atoms with Gasteiger partial charge in [0.1, 0.15) is 5.69 Å².